The van der Waals surface area contributed by atoms with Crippen LogP contribution in [-0.2, 0) is 14.3 Å². The molecular weight excluding hydrogens is 348 g/mol. The monoisotopic (exact) mass is 388 g/mol. The van der Waals surface area contributed by atoms with Gasteiger partial charge in [0.2, 0.25) is 0 Å². The third-order valence-electron chi connectivity index (χ3n) is 9.37. The number of fused-ring (bicyclic) bond motifs is 1. The van der Waals surface area contributed by atoms with Crippen LogP contribution in [0, 0.1) is 28.6 Å². The summed E-state index contributed by atoms with van der Waals surface area (Å²) in [5.41, 5.74) is 1.44. The maximum absolute atomic E-state index is 12.0. The second-order valence-corrected chi connectivity index (χ2v) is 9.93. The fraction of sp³-hybridized carbons (Fsp3) is 0.840. The summed E-state index contributed by atoms with van der Waals surface area (Å²) in [5, 5.41) is 0. The molecule has 3 nitrogen and oxygen atoms in total. The molecule has 0 N–H and O–H groups in total. The van der Waals surface area contributed by atoms with Gasteiger partial charge in [0, 0.05) is 18.3 Å². The zero-order valence-corrected chi connectivity index (χ0v) is 18.9. The van der Waals surface area contributed by atoms with E-state index in [-0.39, 0.29) is 22.4 Å². The Bertz CT molecular complexity index is 665. The first kappa shape index (κ1) is 21.6. The molecule has 3 fully saturated rings. The molecular formula is C25H40O3. The molecule has 0 aromatic carbocycles. The zero-order valence-electron chi connectivity index (χ0n) is 18.9. The van der Waals surface area contributed by atoms with Gasteiger partial charge in [-0.25, -0.2) is 0 Å². The van der Waals surface area contributed by atoms with Crippen molar-refractivity contribution in [1.29, 1.82) is 0 Å². The first-order valence-corrected chi connectivity index (χ1v) is 11.7. The fourth-order valence-corrected chi connectivity index (χ4v) is 7.25. The van der Waals surface area contributed by atoms with E-state index in [1.165, 1.54) is 18.4 Å². The maximum Gasteiger partial charge on any atom is 0.306 e. The van der Waals surface area contributed by atoms with Gasteiger partial charge in [-0.1, -0.05) is 47.1 Å². The van der Waals surface area contributed by atoms with Gasteiger partial charge in [0.25, 0.3) is 0 Å². The molecule has 0 aromatic heterocycles. The Morgan fingerprint density at radius 3 is 2.36 bits per heavy atom. The maximum atomic E-state index is 12.0. The number of hydrogen-bond donors (Lipinski definition) is 0. The first-order valence-electron chi connectivity index (χ1n) is 11.7. The van der Waals surface area contributed by atoms with Gasteiger partial charge in [-0.15, -0.1) is 0 Å². The van der Waals surface area contributed by atoms with E-state index in [1.54, 1.807) is 0 Å². The van der Waals surface area contributed by atoms with Crippen LogP contribution in [0.4, 0.5) is 0 Å². The Kier molecular flexibility index (Phi) is 5.87. The van der Waals surface area contributed by atoms with Gasteiger partial charge < -0.3 is 4.74 Å². The number of ketones is 1. The summed E-state index contributed by atoms with van der Waals surface area (Å²) in [6.07, 6.45) is 10.7. The largest absolute Gasteiger partial charge is 0.458 e. The van der Waals surface area contributed by atoms with Gasteiger partial charge in [0.05, 0.1) is 0 Å². The van der Waals surface area contributed by atoms with E-state index in [2.05, 4.69) is 27.7 Å². The van der Waals surface area contributed by atoms with Crippen molar-refractivity contribution in [2.24, 2.45) is 28.6 Å². The minimum absolute atomic E-state index is 0.00462. The predicted molar refractivity (Wildman–Crippen MR) is 113 cm³/mol. The Balaban J connectivity index is 0.00000109. The quantitative estimate of drug-likeness (QED) is 0.525. The van der Waals surface area contributed by atoms with Crippen LogP contribution in [0.1, 0.15) is 99.3 Å². The standard InChI is InChI=1S/C23H34O3.C2H6/c1-5-22(4)19(9-12-23(22)13-10-20(25)26-23)18-7-6-16-14-17(24)8-11-21(16,3)15(18)2;1-2/h14-15,18-19H,5-13H2,1-4H3;1-2H3/t15?,18?,19?,21?,22?,23-;/m1./s1. The predicted octanol–water partition coefficient (Wildman–Crippen LogP) is 6.26. The van der Waals surface area contributed by atoms with Crippen molar-refractivity contribution in [3.8, 4) is 0 Å². The highest BCUT2D eigenvalue weighted by atomic mass is 16.6. The van der Waals surface area contributed by atoms with Crippen molar-refractivity contribution < 1.29 is 14.3 Å². The second-order valence-electron chi connectivity index (χ2n) is 9.93. The molecule has 3 aliphatic carbocycles. The average molecular weight is 389 g/mol. The molecule has 1 heterocycles. The van der Waals surface area contributed by atoms with Gasteiger partial charge in [0.1, 0.15) is 5.60 Å². The van der Waals surface area contributed by atoms with Crippen LogP contribution in [0.2, 0.25) is 0 Å². The summed E-state index contributed by atoms with van der Waals surface area (Å²) in [6, 6.07) is 0. The molecule has 1 spiro atoms. The van der Waals surface area contributed by atoms with Crippen LogP contribution in [0.3, 0.4) is 0 Å². The molecule has 28 heavy (non-hydrogen) atoms. The number of rotatable bonds is 2. The topological polar surface area (TPSA) is 43.4 Å². The fourth-order valence-electron chi connectivity index (χ4n) is 7.25. The van der Waals surface area contributed by atoms with E-state index >= 15 is 0 Å². The molecule has 0 amide bonds. The SMILES string of the molecule is CC.CCC1(C)C(C2CCC3=CC(=O)CCC3(C)C2C)CC[C@@]12CCC(=O)O2. The van der Waals surface area contributed by atoms with Crippen LogP contribution in [0.5, 0.6) is 0 Å². The van der Waals surface area contributed by atoms with Crippen molar-refractivity contribution in [2.45, 2.75) is 105 Å². The third-order valence-corrected chi connectivity index (χ3v) is 9.37. The van der Waals surface area contributed by atoms with Crippen molar-refractivity contribution in [1.82, 2.24) is 0 Å². The summed E-state index contributed by atoms with van der Waals surface area (Å²) in [7, 11) is 0. The highest BCUT2D eigenvalue weighted by Crippen LogP contribution is 2.65. The average Bonchev–Trinajstić information content (AvgIpc) is 3.21. The Morgan fingerprint density at radius 1 is 1.04 bits per heavy atom. The molecule has 2 saturated carbocycles. The van der Waals surface area contributed by atoms with Gasteiger partial charge in [0.15, 0.2) is 5.78 Å². The van der Waals surface area contributed by atoms with Crippen LogP contribution in [-0.4, -0.2) is 17.4 Å². The third kappa shape index (κ3) is 2.99. The number of esters is 1. The van der Waals surface area contributed by atoms with Crippen LogP contribution < -0.4 is 0 Å². The van der Waals surface area contributed by atoms with E-state index in [0.717, 1.165) is 32.1 Å². The Hall–Kier alpha value is -1.12. The lowest BCUT2D eigenvalue weighted by Crippen LogP contribution is -2.50. The van der Waals surface area contributed by atoms with Crippen LogP contribution >= 0.6 is 0 Å². The van der Waals surface area contributed by atoms with Gasteiger partial charge in [-0.3, -0.25) is 9.59 Å². The van der Waals surface area contributed by atoms with Crippen molar-refractivity contribution in [3.63, 3.8) is 0 Å². The number of ether oxygens (including phenoxy) is 1. The molecule has 158 valence electrons. The van der Waals surface area contributed by atoms with Gasteiger partial charge in [-0.2, -0.15) is 0 Å². The number of hydrogen-bond acceptors (Lipinski definition) is 3. The molecule has 0 bridgehead atoms. The van der Waals surface area contributed by atoms with E-state index in [4.69, 9.17) is 4.74 Å². The molecule has 5 unspecified atom stereocenters. The summed E-state index contributed by atoms with van der Waals surface area (Å²) < 4.78 is 6.02. The second kappa shape index (κ2) is 7.61. The summed E-state index contributed by atoms with van der Waals surface area (Å²) in [6.45, 7) is 13.5. The normalized spacial score (nSPS) is 45.2. The lowest BCUT2D eigenvalue weighted by Gasteiger charge is -2.53. The van der Waals surface area contributed by atoms with E-state index in [1.807, 2.05) is 19.9 Å². The van der Waals surface area contributed by atoms with E-state index < -0.39 is 0 Å². The molecule has 4 aliphatic rings. The Morgan fingerprint density at radius 2 is 1.75 bits per heavy atom. The smallest absolute Gasteiger partial charge is 0.306 e. The highest BCUT2D eigenvalue weighted by Gasteiger charge is 2.63. The van der Waals surface area contributed by atoms with Gasteiger partial charge in [-0.05, 0) is 74.2 Å². The van der Waals surface area contributed by atoms with Crippen LogP contribution in [0.25, 0.3) is 0 Å². The van der Waals surface area contributed by atoms with Crippen molar-refractivity contribution in [3.05, 3.63) is 11.6 Å². The van der Waals surface area contributed by atoms with Crippen molar-refractivity contribution >= 4 is 11.8 Å². The summed E-state index contributed by atoms with van der Waals surface area (Å²) >= 11 is 0. The molecule has 0 aromatic rings. The number of carbonyl (C=O) groups excluding carboxylic acids is 2. The molecule has 4 rings (SSSR count). The zero-order chi connectivity index (χ0) is 20.7. The van der Waals surface area contributed by atoms with E-state index in [0.29, 0.717) is 36.4 Å². The summed E-state index contributed by atoms with van der Waals surface area (Å²) in [4.78, 5) is 23.9. The van der Waals surface area contributed by atoms with Gasteiger partial charge >= 0.3 is 5.97 Å². The number of allylic oxidation sites excluding steroid dienone is 2. The summed E-state index contributed by atoms with van der Waals surface area (Å²) in [5.74, 6) is 2.18. The van der Waals surface area contributed by atoms with Crippen molar-refractivity contribution in [2.75, 3.05) is 0 Å². The molecule has 6 atom stereocenters. The van der Waals surface area contributed by atoms with E-state index in [9.17, 15) is 9.59 Å². The molecule has 1 aliphatic heterocycles. The highest BCUT2D eigenvalue weighted by molar-refractivity contribution is 5.91. The lowest BCUT2D eigenvalue weighted by atomic mass is 9.51. The minimum Gasteiger partial charge on any atom is -0.458 e. The first-order chi connectivity index (χ1) is 13.3. The molecule has 0 radical (unpaired) electrons. The molecule has 1 saturated heterocycles. The number of carbonyl (C=O) groups is 2. The minimum atomic E-state index is -0.219. The van der Waals surface area contributed by atoms with Crippen LogP contribution in [0.15, 0.2) is 11.6 Å². The Labute approximate surface area is 171 Å². The lowest BCUT2D eigenvalue weighted by molar-refractivity contribution is -0.161. The molecule has 3 heteroatoms.